The number of esters is 1. The summed E-state index contributed by atoms with van der Waals surface area (Å²) in [4.78, 5) is 11.7. The van der Waals surface area contributed by atoms with Gasteiger partial charge in [-0.05, 0) is 42.3 Å². The molecule has 4 heteroatoms. The number of phenolic OH excluding ortho intramolecular Hbond substituents is 1. The summed E-state index contributed by atoms with van der Waals surface area (Å²) >= 11 is 0. The van der Waals surface area contributed by atoms with E-state index in [9.17, 15) is 9.90 Å². The molecule has 0 aliphatic heterocycles. The summed E-state index contributed by atoms with van der Waals surface area (Å²) < 4.78 is 4.77. The number of phenols is 1. The van der Waals surface area contributed by atoms with Crippen molar-refractivity contribution >= 4 is 11.7 Å². The van der Waals surface area contributed by atoms with Crippen LogP contribution in [-0.2, 0) is 11.3 Å². The molecule has 0 aliphatic carbocycles. The fourth-order valence-corrected chi connectivity index (χ4v) is 2.02. The van der Waals surface area contributed by atoms with Crippen LogP contribution in [0.5, 0.6) is 5.75 Å². The molecule has 0 amide bonds. The lowest BCUT2D eigenvalue weighted by atomic mass is 10.1. The highest BCUT2D eigenvalue weighted by molar-refractivity contribution is 5.91. The number of hydrogen-bond acceptors (Lipinski definition) is 4. The third-order valence-corrected chi connectivity index (χ3v) is 3.10. The number of rotatable bonds is 4. The molecule has 0 atom stereocenters. The molecular weight excluding hydrogens is 254 g/mol. The Labute approximate surface area is 118 Å². The largest absolute Gasteiger partial charge is 0.508 e. The molecule has 0 saturated heterocycles. The summed E-state index contributed by atoms with van der Waals surface area (Å²) in [5.74, 6) is -0.104. The second kappa shape index (κ2) is 6.10. The highest BCUT2D eigenvalue weighted by atomic mass is 16.5. The average molecular weight is 271 g/mol. The number of nitrogens with one attached hydrogen (secondary N) is 1. The van der Waals surface area contributed by atoms with Gasteiger partial charge in [0.05, 0.1) is 12.7 Å². The number of methoxy groups -OCH3 is 1. The lowest BCUT2D eigenvalue weighted by Crippen LogP contribution is -2.09. The van der Waals surface area contributed by atoms with Gasteiger partial charge in [0, 0.05) is 12.2 Å². The van der Waals surface area contributed by atoms with E-state index >= 15 is 0 Å². The highest BCUT2D eigenvalue weighted by Gasteiger charge is 2.10. The van der Waals surface area contributed by atoms with Crippen LogP contribution in [0.15, 0.2) is 42.5 Å². The van der Waals surface area contributed by atoms with Crippen molar-refractivity contribution in [2.45, 2.75) is 13.5 Å². The molecule has 0 radical (unpaired) electrons. The molecule has 0 fully saturated rings. The molecule has 0 spiro atoms. The van der Waals surface area contributed by atoms with Gasteiger partial charge in [-0.2, -0.15) is 0 Å². The molecule has 0 aromatic heterocycles. The van der Waals surface area contributed by atoms with Gasteiger partial charge in [-0.15, -0.1) is 0 Å². The van der Waals surface area contributed by atoms with Crippen LogP contribution in [0.1, 0.15) is 21.5 Å². The van der Waals surface area contributed by atoms with Crippen LogP contribution in [0.2, 0.25) is 0 Å². The number of benzene rings is 2. The first-order valence-corrected chi connectivity index (χ1v) is 6.31. The molecular formula is C16H17NO3. The normalized spacial score (nSPS) is 10.1. The maximum Gasteiger partial charge on any atom is 0.338 e. The zero-order chi connectivity index (χ0) is 14.5. The summed E-state index contributed by atoms with van der Waals surface area (Å²) in [6.45, 7) is 2.42. The number of carbonyl (C=O) groups is 1. The van der Waals surface area contributed by atoms with Crippen LogP contribution < -0.4 is 5.32 Å². The zero-order valence-electron chi connectivity index (χ0n) is 11.5. The maximum atomic E-state index is 11.7. The molecule has 2 N–H and O–H groups in total. The molecule has 104 valence electrons. The summed E-state index contributed by atoms with van der Waals surface area (Å²) in [6.07, 6.45) is 0. The Hall–Kier alpha value is -2.49. The van der Waals surface area contributed by atoms with E-state index in [4.69, 9.17) is 4.74 Å². The van der Waals surface area contributed by atoms with Crippen molar-refractivity contribution in [2.75, 3.05) is 12.4 Å². The van der Waals surface area contributed by atoms with E-state index in [2.05, 4.69) is 5.32 Å². The van der Waals surface area contributed by atoms with Gasteiger partial charge in [0.2, 0.25) is 0 Å². The molecule has 20 heavy (non-hydrogen) atoms. The minimum Gasteiger partial charge on any atom is -0.508 e. The van der Waals surface area contributed by atoms with Crippen LogP contribution in [0.4, 0.5) is 5.69 Å². The summed E-state index contributed by atoms with van der Waals surface area (Å²) in [5, 5.41) is 12.6. The van der Waals surface area contributed by atoms with Gasteiger partial charge in [-0.1, -0.05) is 18.2 Å². The number of aryl methyl sites for hydroxylation is 1. The average Bonchev–Trinajstić information content (AvgIpc) is 2.46. The Balaban J connectivity index is 2.17. The zero-order valence-corrected chi connectivity index (χ0v) is 11.5. The predicted octanol–water partition coefficient (Wildman–Crippen LogP) is 3.10. The Morgan fingerprint density at radius 1 is 1.25 bits per heavy atom. The topological polar surface area (TPSA) is 58.6 Å². The number of hydrogen-bond donors (Lipinski definition) is 2. The summed E-state index contributed by atoms with van der Waals surface area (Å²) in [7, 11) is 1.37. The fraction of sp³-hybridized carbons (Fsp3) is 0.188. The van der Waals surface area contributed by atoms with Crippen LogP contribution in [0, 0.1) is 6.92 Å². The van der Waals surface area contributed by atoms with E-state index in [0.29, 0.717) is 12.1 Å². The van der Waals surface area contributed by atoms with Crippen LogP contribution in [0.3, 0.4) is 0 Å². The van der Waals surface area contributed by atoms with E-state index in [1.54, 1.807) is 18.2 Å². The SMILES string of the molecule is COC(=O)c1ccccc1CNc1ccc(O)cc1C. The van der Waals surface area contributed by atoms with Crippen molar-refractivity contribution in [2.24, 2.45) is 0 Å². The van der Waals surface area contributed by atoms with Gasteiger partial charge in [0.15, 0.2) is 0 Å². The van der Waals surface area contributed by atoms with E-state index in [1.807, 2.05) is 31.2 Å². The second-order valence-corrected chi connectivity index (χ2v) is 4.50. The van der Waals surface area contributed by atoms with E-state index in [0.717, 1.165) is 16.8 Å². The van der Waals surface area contributed by atoms with E-state index < -0.39 is 0 Å². The third-order valence-electron chi connectivity index (χ3n) is 3.10. The van der Waals surface area contributed by atoms with Crippen molar-refractivity contribution in [3.8, 4) is 5.75 Å². The first kappa shape index (κ1) is 13.9. The fourth-order valence-electron chi connectivity index (χ4n) is 2.02. The van der Waals surface area contributed by atoms with Crippen LogP contribution >= 0.6 is 0 Å². The second-order valence-electron chi connectivity index (χ2n) is 4.50. The van der Waals surface area contributed by atoms with E-state index in [1.165, 1.54) is 7.11 Å². The third kappa shape index (κ3) is 3.09. The first-order chi connectivity index (χ1) is 9.61. The minimum absolute atomic E-state index is 0.239. The van der Waals surface area contributed by atoms with Gasteiger partial charge < -0.3 is 15.2 Å². The monoisotopic (exact) mass is 271 g/mol. The number of aromatic hydroxyl groups is 1. The number of anilines is 1. The van der Waals surface area contributed by atoms with Crippen LogP contribution in [-0.4, -0.2) is 18.2 Å². The number of ether oxygens (including phenoxy) is 1. The summed E-state index contributed by atoms with van der Waals surface area (Å²) in [6, 6.07) is 12.4. The smallest absolute Gasteiger partial charge is 0.338 e. The molecule has 0 saturated carbocycles. The molecule has 0 aliphatic rings. The van der Waals surface area contributed by atoms with Crippen molar-refractivity contribution in [1.82, 2.24) is 0 Å². The Bertz CT molecular complexity index is 623. The van der Waals surface area contributed by atoms with E-state index in [-0.39, 0.29) is 11.7 Å². The lowest BCUT2D eigenvalue weighted by Gasteiger charge is -2.12. The molecule has 4 nitrogen and oxygen atoms in total. The number of carbonyl (C=O) groups excluding carboxylic acids is 1. The van der Waals surface area contributed by atoms with Crippen molar-refractivity contribution in [3.05, 3.63) is 59.2 Å². The van der Waals surface area contributed by atoms with Gasteiger partial charge in [0.1, 0.15) is 5.75 Å². The van der Waals surface area contributed by atoms with Crippen molar-refractivity contribution < 1.29 is 14.6 Å². The molecule has 0 bridgehead atoms. The minimum atomic E-state index is -0.343. The van der Waals surface area contributed by atoms with Crippen molar-refractivity contribution in [1.29, 1.82) is 0 Å². The lowest BCUT2D eigenvalue weighted by molar-refractivity contribution is 0.0599. The predicted molar refractivity (Wildman–Crippen MR) is 78.0 cm³/mol. The van der Waals surface area contributed by atoms with Crippen LogP contribution in [0.25, 0.3) is 0 Å². The quantitative estimate of drug-likeness (QED) is 0.662. The van der Waals surface area contributed by atoms with Gasteiger partial charge in [-0.3, -0.25) is 0 Å². The van der Waals surface area contributed by atoms with Gasteiger partial charge in [-0.25, -0.2) is 4.79 Å². The molecule has 2 rings (SSSR count). The molecule has 0 unspecified atom stereocenters. The van der Waals surface area contributed by atoms with Gasteiger partial charge >= 0.3 is 5.97 Å². The van der Waals surface area contributed by atoms with Gasteiger partial charge in [0.25, 0.3) is 0 Å². The Morgan fingerprint density at radius 3 is 2.70 bits per heavy atom. The Kier molecular flexibility index (Phi) is 4.25. The molecule has 2 aromatic carbocycles. The first-order valence-electron chi connectivity index (χ1n) is 6.31. The highest BCUT2D eigenvalue weighted by Crippen LogP contribution is 2.21. The maximum absolute atomic E-state index is 11.7. The van der Waals surface area contributed by atoms with Crippen molar-refractivity contribution in [3.63, 3.8) is 0 Å². The standard InChI is InChI=1S/C16H17NO3/c1-11-9-13(18)7-8-15(11)17-10-12-5-3-4-6-14(12)16(19)20-2/h3-9,17-18H,10H2,1-2H3. The molecule has 0 heterocycles. The Morgan fingerprint density at radius 2 is 2.00 bits per heavy atom. The molecule has 2 aromatic rings. The summed E-state index contributed by atoms with van der Waals surface area (Å²) in [5.41, 5.74) is 3.29.